The fraction of sp³-hybridized carbons (Fsp3) is 1.00. The van der Waals surface area contributed by atoms with Crippen LogP contribution in [0.4, 0.5) is 0 Å². The molecular formula is C18H32O6. The summed E-state index contributed by atoms with van der Waals surface area (Å²) in [4.78, 5) is 0. The van der Waals surface area contributed by atoms with Gasteiger partial charge in [-0.3, -0.25) is 0 Å². The summed E-state index contributed by atoms with van der Waals surface area (Å²) < 4.78 is 33.6. The Balaban J connectivity index is 1.41. The predicted octanol–water partition coefficient (Wildman–Crippen LogP) is 1.37. The lowest BCUT2D eigenvalue weighted by Gasteiger charge is -2.36. The number of ether oxygens (including phenoxy) is 6. The van der Waals surface area contributed by atoms with Gasteiger partial charge in [-0.2, -0.15) is 0 Å². The molecule has 6 heteroatoms. The van der Waals surface area contributed by atoms with Crippen LogP contribution >= 0.6 is 0 Å². The highest BCUT2D eigenvalue weighted by Gasteiger charge is 2.32. The van der Waals surface area contributed by atoms with Crippen molar-refractivity contribution in [2.45, 2.75) is 13.3 Å². The zero-order valence-electron chi connectivity index (χ0n) is 14.9. The second-order valence-corrected chi connectivity index (χ2v) is 7.61. The van der Waals surface area contributed by atoms with Gasteiger partial charge in [-0.05, 0) is 6.42 Å². The lowest BCUT2D eigenvalue weighted by atomic mass is 9.87. The molecule has 3 heterocycles. The maximum atomic E-state index is 6.00. The van der Waals surface area contributed by atoms with Crippen LogP contribution in [0.25, 0.3) is 0 Å². The lowest BCUT2D eigenvalue weighted by Crippen LogP contribution is -2.41. The highest BCUT2D eigenvalue weighted by molar-refractivity contribution is 4.79. The molecule has 0 bridgehead atoms. The summed E-state index contributed by atoms with van der Waals surface area (Å²) in [5, 5.41) is 0. The van der Waals surface area contributed by atoms with Gasteiger partial charge in [-0.1, -0.05) is 6.92 Å². The van der Waals surface area contributed by atoms with Crippen molar-refractivity contribution in [2.24, 2.45) is 23.2 Å². The molecule has 24 heavy (non-hydrogen) atoms. The first-order chi connectivity index (χ1) is 11.8. The Morgan fingerprint density at radius 2 is 1.00 bits per heavy atom. The predicted molar refractivity (Wildman–Crippen MR) is 88.1 cm³/mol. The number of hydrogen-bond donors (Lipinski definition) is 0. The summed E-state index contributed by atoms with van der Waals surface area (Å²) in [6.45, 7) is 11.5. The van der Waals surface area contributed by atoms with Crippen LogP contribution in [0, 0.1) is 23.2 Å². The molecule has 0 aliphatic carbocycles. The summed E-state index contributed by atoms with van der Waals surface area (Å²) in [5.41, 5.74) is -0.0696. The van der Waals surface area contributed by atoms with E-state index >= 15 is 0 Å². The average Bonchev–Trinajstić information content (AvgIpc) is 2.46. The quantitative estimate of drug-likeness (QED) is 0.503. The molecule has 3 aliphatic heterocycles. The van der Waals surface area contributed by atoms with Gasteiger partial charge in [0.05, 0.1) is 79.3 Å². The molecule has 0 aromatic rings. The Kier molecular flexibility index (Phi) is 7.31. The Morgan fingerprint density at radius 3 is 1.21 bits per heavy atom. The second kappa shape index (κ2) is 9.46. The van der Waals surface area contributed by atoms with Crippen LogP contribution in [0.2, 0.25) is 0 Å². The molecule has 3 saturated heterocycles. The van der Waals surface area contributed by atoms with Crippen LogP contribution in [0.5, 0.6) is 0 Å². The van der Waals surface area contributed by atoms with Crippen molar-refractivity contribution in [1.29, 1.82) is 0 Å². The van der Waals surface area contributed by atoms with Crippen LogP contribution in [0.1, 0.15) is 13.3 Å². The maximum Gasteiger partial charge on any atom is 0.0566 e. The lowest BCUT2D eigenvalue weighted by molar-refractivity contribution is -0.133. The van der Waals surface area contributed by atoms with Crippen LogP contribution in [-0.2, 0) is 28.4 Å². The van der Waals surface area contributed by atoms with Gasteiger partial charge in [0.25, 0.3) is 0 Å². The molecule has 3 aliphatic rings. The molecule has 0 amide bonds. The SMILES string of the molecule is CCC(COCC1COC1)(COCC1COC1)COCC1COC1. The van der Waals surface area contributed by atoms with Gasteiger partial charge < -0.3 is 28.4 Å². The van der Waals surface area contributed by atoms with Gasteiger partial charge in [0.2, 0.25) is 0 Å². The zero-order valence-corrected chi connectivity index (χ0v) is 14.9. The van der Waals surface area contributed by atoms with Crippen LogP contribution in [-0.4, -0.2) is 79.3 Å². The Labute approximate surface area is 145 Å². The van der Waals surface area contributed by atoms with E-state index in [1.807, 2.05) is 0 Å². The minimum Gasteiger partial charge on any atom is -0.381 e. The molecule has 140 valence electrons. The molecule has 0 N–H and O–H groups in total. The largest absolute Gasteiger partial charge is 0.381 e. The second-order valence-electron chi connectivity index (χ2n) is 7.61. The van der Waals surface area contributed by atoms with E-state index in [-0.39, 0.29) is 5.41 Å². The van der Waals surface area contributed by atoms with Crippen molar-refractivity contribution in [3.8, 4) is 0 Å². The fourth-order valence-electron chi connectivity index (χ4n) is 2.90. The van der Waals surface area contributed by atoms with Crippen molar-refractivity contribution >= 4 is 0 Å². The first-order valence-corrected chi connectivity index (χ1v) is 9.26. The van der Waals surface area contributed by atoms with Crippen molar-refractivity contribution in [2.75, 3.05) is 79.3 Å². The molecule has 0 saturated carbocycles. The van der Waals surface area contributed by atoms with Crippen molar-refractivity contribution in [3.05, 3.63) is 0 Å². The molecule has 0 aromatic carbocycles. The first-order valence-electron chi connectivity index (χ1n) is 9.26. The molecule has 3 fully saturated rings. The summed E-state index contributed by atoms with van der Waals surface area (Å²) in [5.74, 6) is 1.67. The molecule has 0 atom stereocenters. The highest BCUT2D eigenvalue weighted by atomic mass is 16.5. The number of hydrogen-bond acceptors (Lipinski definition) is 6. The van der Waals surface area contributed by atoms with Crippen LogP contribution < -0.4 is 0 Å². The van der Waals surface area contributed by atoms with Crippen LogP contribution in [0.15, 0.2) is 0 Å². The van der Waals surface area contributed by atoms with Crippen molar-refractivity contribution in [3.63, 3.8) is 0 Å². The van der Waals surface area contributed by atoms with Gasteiger partial charge in [0.15, 0.2) is 0 Å². The molecular weight excluding hydrogens is 312 g/mol. The third-order valence-electron chi connectivity index (χ3n) is 5.16. The van der Waals surface area contributed by atoms with Gasteiger partial charge in [-0.25, -0.2) is 0 Å². The van der Waals surface area contributed by atoms with Gasteiger partial charge in [-0.15, -0.1) is 0 Å². The molecule has 3 rings (SSSR count). The van der Waals surface area contributed by atoms with E-state index in [4.69, 9.17) is 28.4 Å². The first kappa shape index (κ1) is 18.5. The molecule has 0 radical (unpaired) electrons. The summed E-state index contributed by atoms with van der Waals surface area (Å²) in [7, 11) is 0. The topological polar surface area (TPSA) is 55.4 Å². The highest BCUT2D eigenvalue weighted by Crippen LogP contribution is 2.26. The fourth-order valence-corrected chi connectivity index (χ4v) is 2.90. The number of rotatable bonds is 13. The third-order valence-corrected chi connectivity index (χ3v) is 5.16. The zero-order chi connectivity index (χ0) is 16.7. The van der Waals surface area contributed by atoms with Crippen molar-refractivity contribution in [1.82, 2.24) is 0 Å². The van der Waals surface area contributed by atoms with Crippen LogP contribution in [0.3, 0.4) is 0 Å². The molecule has 6 nitrogen and oxygen atoms in total. The van der Waals surface area contributed by atoms with E-state index in [0.29, 0.717) is 37.6 Å². The molecule has 0 unspecified atom stereocenters. The third kappa shape index (κ3) is 5.38. The summed E-state index contributed by atoms with van der Waals surface area (Å²) in [6, 6.07) is 0. The van der Waals surface area contributed by atoms with Gasteiger partial charge >= 0.3 is 0 Å². The smallest absolute Gasteiger partial charge is 0.0566 e. The molecule has 0 spiro atoms. The van der Waals surface area contributed by atoms with Gasteiger partial charge in [0.1, 0.15) is 0 Å². The minimum absolute atomic E-state index is 0.0696. The van der Waals surface area contributed by atoms with E-state index in [2.05, 4.69) is 6.92 Å². The monoisotopic (exact) mass is 344 g/mol. The van der Waals surface area contributed by atoms with E-state index < -0.39 is 0 Å². The van der Waals surface area contributed by atoms with Crippen molar-refractivity contribution < 1.29 is 28.4 Å². The summed E-state index contributed by atoms with van der Waals surface area (Å²) >= 11 is 0. The van der Waals surface area contributed by atoms with E-state index in [9.17, 15) is 0 Å². The Hall–Kier alpha value is -0.240. The average molecular weight is 344 g/mol. The van der Waals surface area contributed by atoms with E-state index in [1.54, 1.807) is 0 Å². The summed E-state index contributed by atoms with van der Waals surface area (Å²) in [6.07, 6.45) is 0.983. The minimum atomic E-state index is -0.0696. The standard InChI is InChI=1S/C18H32O6/c1-2-18(12-22-9-15-3-19-4-15,13-23-10-16-5-20-6-16)14-24-11-17-7-21-8-17/h15-17H,2-14H2,1H3. The van der Waals surface area contributed by atoms with E-state index in [1.165, 1.54) is 0 Å². The Bertz CT molecular complexity index is 301. The molecule has 0 aromatic heterocycles. The van der Waals surface area contributed by atoms with Gasteiger partial charge in [0, 0.05) is 23.2 Å². The van der Waals surface area contributed by atoms with E-state index in [0.717, 1.165) is 65.9 Å². The maximum absolute atomic E-state index is 6.00. The Morgan fingerprint density at radius 1 is 0.667 bits per heavy atom. The normalized spacial score (nSPS) is 22.9.